The molecule has 2 fully saturated rings. The lowest BCUT2D eigenvalue weighted by atomic mass is 9.78. The SMILES string of the molecule is O=C(O)C1C[C@H]2CCC[C@@H](C1)N2Cc1ccccc1. The van der Waals surface area contributed by atoms with Crippen LogP contribution in [0.3, 0.4) is 0 Å². The zero-order valence-corrected chi connectivity index (χ0v) is 11.2. The quantitative estimate of drug-likeness (QED) is 0.907. The van der Waals surface area contributed by atoms with E-state index in [1.807, 2.05) is 6.07 Å². The first-order chi connectivity index (χ1) is 9.24. The predicted molar refractivity (Wildman–Crippen MR) is 73.8 cm³/mol. The van der Waals surface area contributed by atoms with E-state index in [2.05, 4.69) is 29.2 Å². The molecule has 1 N–H and O–H groups in total. The zero-order chi connectivity index (χ0) is 13.2. The highest BCUT2D eigenvalue weighted by molar-refractivity contribution is 5.70. The summed E-state index contributed by atoms with van der Waals surface area (Å²) in [4.78, 5) is 13.8. The molecule has 2 saturated heterocycles. The molecule has 0 saturated carbocycles. The second kappa shape index (κ2) is 5.33. The number of piperidine rings is 2. The largest absolute Gasteiger partial charge is 0.481 e. The number of carboxylic acid groups (broad SMARTS) is 1. The molecule has 0 aliphatic carbocycles. The standard InChI is InChI=1S/C16H21NO2/c18-16(19)13-9-14-7-4-8-15(10-13)17(14)11-12-5-2-1-3-6-12/h1-3,5-6,13-15H,4,7-11H2,(H,18,19)/t13?,14-,15+. The summed E-state index contributed by atoms with van der Waals surface area (Å²) in [5.41, 5.74) is 1.34. The topological polar surface area (TPSA) is 40.5 Å². The Kier molecular flexibility index (Phi) is 3.56. The molecule has 0 aromatic heterocycles. The average molecular weight is 259 g/mol. The summed E-state index contributed by atoms with van der Waals surface area (Å²) < 4.78 is 0. The van der Waals surface area contributed by atoms with E-state index in [-0.39, 0.29) is 5.92 Å². The molecular weight excluding hydrogens is 238 g/mol. The van der Waals surface area contributed by atoms with E-state index in [4.69, 9.17) is 0 Å². The summed E-state index contributed by atoms with van der Waals surface area (Å²) in [7, 11) is 0. The molecule has 1 aromatic rings. The molecule has 1 unspecified atom stereocenters. The normalized spacial score (nSPS) is 31.1. The molecular formula is C16H21NO2. The maximum atomic E-state index is 11.2. The van der Waals surface area contributed by atoms with Crippen molar-refractivity contribution in [2.45, 2.75) is 50.7 Å². The Morgan fingerprint density at radius 1 is 1.16 bits per heavy atom. The Labute approximate surface area is 114 Å². The number of fused-ring (bicyclic) bond motifs is 2. The van der Waals surface area contributed by atoms with Crippen molar-refractivity contribution in [3.05, 3.63) is 35.9 Å². The van der Waals surface area contributed by atoms with E-state index in [9.17, 15) is 9.90 Å². The number of benzene rings is 1. The first kappa shape index (κ1) is 12.7. The summed E-state index contributed by atoms with van der Waals surface area (Å²) >= 11 is 0. The highest BCUT2D eigenvalue weighted by atomic mass is 16.4. The number of rotatable bonds is 3. The Balaban J connectivity index is 1.74. The second-order valence-corrected chi connectivity index (χ2v) is 5.90. The van der Waals surface area contributed by atoms with Crippen LogP contribution in [0.2, 0.25) is 0 Å². The highest BCUT2D eigenvalue weighted by Gasteiger charge is 2.40. The molecule has 1 aromatic carbocycles. The highest BCUT2D eigenvalue weighted by Crippen LogP contribution is 2.37. The summed E-state index contributed by atoms with van der Waals surface area (Å²) in [5.74, 6) is -0.724. The molecule has 0 radical (unpaired) electrons. The smallest absolute Gasteiger partial charge is 0.306 e. The fraction of sp³-hybridized carbons (Fsp3) is 0.562. The zero-order valence-electron chi connectivity index (χ0n) is 11.2. The van der Waals surface area contributed by atoms with Crippen molar-refractivity contribution in [3.63, 3.8) is 0 Å². The lowest BCUT2D eigenvalue weighted by molar-refractivity contribution is -0.146. The van der Waals surface area contributed by atoms with Crippen molar-refractivity contribution in [2.75, 3.05) is 0 Å². The monoisotopic (exact) mass is 259 g/mol. The van der Waals surface area contributed by atoms with Crippen LogP contribution in [0.25, 0.3) is 0 Å². The van der Waals surface area contributed by atoms with Gasteiger partial charge >= 0.3 is 5.97 Å². The van der Waals surface area contributed by atoms with Crippen LogP contribution < -0.4 is 0 Å². The molecule has 3 rings (SSSR count). The van der Waals surface area contributed by atoms with Gasteiger partial charge in [-0.25, -0.2) is 0 Å². The van der Waals surface area contributed by atoms with Gasteiger partial charge in [-0.2, -0.15) is 0 Å². The molecule has 2 aliphatic heterocycles. The summed E-state index contributed by atoms with van der Waals surface area (Å²) in [5, 5.41) is 9.25. The molecule has 0 amide bonds. The minimum Gasteiger partial charge on any atom is -0.481 e. The third-order valence-electron chi connectivity index (χ3n) is 4.68. The Hall–Kier alpha value is -1.35. The molecule has 3 nitrogen and oxygen atoms in total. The average Bonchev–Trinajstić information content (AvgIpc) is 2.39. The van der Waals surface area contributed by atoms with Crippen molar-refractivity contribution in [1.29, 1.82) is 0 Å². The third kappa shape index (κ3) is 2.66. The van der Waals surface area contributed by atoms with E-state index >= 15 is 0 Å². The van der Waals surface area contributed by atoms with E-state index in [1.54, 1.807) is 0 Å². The lowest BCUT2D eigenvalue weighted by Gasteiger charge is -2.48. The molecule has 3 atom stereocenters. The number of hydrogen-bond donors (Lipinski definition) is 1. The van der Waals surface area contributed by atoms with Gasteiger partial charge in [-0.1, -0.05) is 36.8 Å². The van der Waals surface area contributed by atoms with Gasteiger partial charge in [0, 0.05) is 18.6 Å². The second-order valence-electron chi connectivity index (χ2n) is 5.90. The fourth-order valence-electron chi connectivity index (χ4n) is 3.73. The van der Waals surface area contributed by atoms with Gasteiger partial charge in [0.2, 0.25) is 0 Å². The maximum absolute atomic E-state index is 11.2. The van der Waals surface area contributed by atoms with Gasteiger partial charge in [0.1, 0.15) is 0 Å². The van der Waals surface area contributed by atoms with Gasteiger partial charge in [-0.15, -0.1) is 0 Å². The van der Waals surface area contributed by atoms with E-state index in [1.165, 1.54) is 12.0 Å². The van der Waals surface area contributed by atoms with Crippen molar-refractivity contribution >= 4 is 5.97 Å². The number of carboxylic acids is 1. The number of aliphatic carboxylic acids is 1. The molecule has 2 bridgehead atoms. The number of hydrogen-bond acceptors (Lipinski definition) is 2. The Morgan fingerprint density at radius 3 is 2.37 bits per heavy atom. The predicted octanol–water partition coefficient (Wildman–Crippen LogP) is 2.90. The molecule has 2 heterocycles. The summed E-state index contributed by atoms with van der Waals surface area (Å²) in [6, 6.07) is 11.5. The molecule has 19 heavy (non-hydrogen) atoms. The lowest BCUT2D eigenvalue weighted by Crippen LogP contribution is -2.52. The summed E-state index contributed by atoms with van der Waals surface area (Å²) in [6.07, 6.45) is 5.24. The van der Waals surface area contributed by atoms with Gasteiger partial charge in [0.25, 0.3) is 0 Å². The Morgan fingerprint density at radius 2 is 1.79 bits per heavy atom. The van der Waals surface area contributed by atoms with Crippen LogP contribution in [0.15, 0.2) is 30.3 Å². The fourth-order valence-corrected chi connectivity index (χ4v) is 3.73. The number of nitrogens with zero attached hydrogens (tertiary/aromatic N) is 1. The molecule has 2 aliphatic rings. The van der Waals surface area contributed by atoms with Crippen molar-refractivity contribution in [1.82, 2.24) is 4.90 Å². The minimum absolute atomic E-state index is 0.123. The summed E-state index contributed by atoms with van der Waals surface area (Å²) in [6.45, 7) is 0.975. The van der Waals surface area contributed by atoms with Crippen molar-refractivity contribution in [2.24, 2.45) is 5.92 Å². The van der Waals surface area contributed by atoms with Crippen LogP contribution in [0.1, 0.15) is 37.7 Å². The molecule has 3 heteroatoms. The van der Waals surface area contributed by atoms with Crippen LogP contribution in [-0.2, 0) is 11.3 Å². The first-order valence-electron chi connectivity index (χ1n) is 7.26. The van der Waals surface area contributed by atoms with Crippen molar-refractivity contribution in [3.8, 4) is 0 Å². The van der Waals surface area contributed by atoms with Gasteiger partial charge < -0.3 is 5.11 Å². The first-order valence-corrected chi connectivity index (χ1v) is 7.26. The van der Waals surface area contributed by atoms with Crippen LogP contribution in [0.4, 0.5) is 0 Å². The van der Waals surface area contributed by atoms with Crippen LogP contribution >= 0.6 is 0 Å². The molecule has 102 valence electrons. The maximum Gasteiger partial charge on any atom is 0.306 e. The number of carbonyl (C=O) groups is 1. The van der Waals surface area contributed by atoms with E-state index in [0.717, 1.165) is 32.2 Å². The molecule has 0 spiro atoms. The van der Waals surface area contributed by atoms with Crippen molar-refractivity contribution < 1.29 is 9.90 Å². The van der Waals surface area contributed by atoms with Gasteiger partial charge in [0.15, 0.2) is 0 Å². The Bertz CT molecular complexity index is 431. The van der Waals surface area contributed by atoms with Crippen LogP contribution in [0.5, 0.6) is 0 Å². The van der Waals surface area contributed by atoms with Crippen LogP contribution in [0, 0.1) is 5.92 Å². The van der Waals surface area contributed by atoms with E-state index < -0.39 is 5.97 Å². The van der Waals surface area contributed by atoms with Crippen LogP contribution in [-0.4, -0.2) is 28.1 Å². The minimum atomic E-state index is -0.601. The van der Waals surface area contributed by atoms with Gasteiger partial charge in [-0.3, -0.25) is 9.69 Å². The van der Waals surface area contributed by atoms with E-state index in [0.29, 0.717) is 12.1 Å². The van der Waals surface area contributed by atoms with Gasteiger partial charge in [0.05, 0.1) is 5.92 Å². The third-order valence-corrected chi connectivity index (χ3v) is 4.68. The van der Waals surface area contributed by atoms with Gasteiger partial charge in [-0.05, 0) is 31.2 Å².